The molecular formula is C23H19NO. The normalized spacial score (nSPS) is 24.0. The van der Waals surface area contributed by atoms with Gasteiger partial charge in [-0.15, -0.1) is 0 Å². The third-order valence-electron chi connectivity index (χ3n) is 5.83. The molecular weight excluding hydrogens is 306 g/mol. The number of carbonyl (C=O) groups is 1. The van der Waals surface area contributed by atoms with Gasteiger partial charge in [-0.05, 0) is 29.2 Å². The van der Waals surface area contributed by atoms with E-state index in [-0.39, 0.29) is 17.4 Å². The smallest absolute Gasteiger partial charge is 0.184 e. The van der Waals surface area contributed by atoms with Gasteiger partial charge in [-0.2, -0.15) is 0 Å². The maximum Gasteiger partial charge on any atom is 0.184 e. The lowest BCUT2D eigenvalue weighted by Gasteiger charge is -2.43. The van der Waals surface area contributed by atoms with E-state index in [1.165, 1.54) is 11.1 Å². The highest BCUT2D eigenvalue weighted by Crippen LogP contribution is 2.55. The molecule has 0 saturated heterocycles. The lowest BCUT2D eigenvalue weighted by molar-refractivity contribution is 0.0576. The van der Waals surface area contributed by atoms with Crippen LogP contribution in [0.5, 0.6) is 0 Å². The summed E-state index contributed by atoms with van der Waals surface area (Å²) in [5, 5.41) is 0. The minimum absolute atomic E-state index is 0.198. The standard InChI is InChI=1S/C23H19NO/c1-23-19-13-7-5-11-17(19)21(22(25)18-12-6-8-14-20(18)23)24(23)15-16-9-3-2-4-10-16/h2-14,21H,15H2,1H3/t21-,23+/m0/s1. The molecule has 3 aromatic carbocycles. The Bertz CT molecular complexity index is 978. The van der Waals surface area contributed by atoms with Gasteiger partial charge in [0, 0.05) is 12.1 Å². The van der Waals surface area contributed by atoms with Crippen molar-refractivity contribution in [2.24, 2.45) is 0 Å². The molecule has 0 N–H and O–H groups in total. The Hall–Kier alpha value is -2.71. The first-order valence-electron chi connectivity index (χ1n) is 8.75. The van der Waals surface area contributed by atoms with Crippen LogP contribution < -0.4 is 0 Å². The number of ketones is 1. The summed E-state index contributed by atoms with van der Waals surface area (Å²) in [7, 11) is 0. The van der Waals surface area contributed by atoms with E-state index in [4.69, 9.17) is 0 Å². The molecule has 2 aliphatic heterocycles. The van der Waals surface area contributed by atoms with E-state index in [0.717, 1.165) is 23.2 Å². The summed E-state index contributed by atoms with van der Waals surface area (Å²) in [5.74, 6) is 0.217. The largest absolute Gasteiger partial charge is 0.292 e. The number of fused-ring (bicyclic) bond motifs is 7. The summed E-state index contributed by atoms with van der Waals surface area (Å²) in [6.07, 6.45) is 0. The fraction of sp³-hybridized carbons (Fsp3) is 0.174. The number of Topliss-reactive ketones (excluding diaryl/α,β-unsaturated/α-hetero) is 1. The molecule has 0 saturated carbocycles. The van der Waals surface area contributed by atoms with Crippen molar-refractivity contribution in [2.45, 2.75) is 25.0 Å². The first-order chi connectivity index (χ1) is 12.2. The van der Waals surface area contributed by atoms with Crippen LogP contribution in [0.3, 0.4) is 0 Å². The highest BCUT2D eigenvalue weighted by molar-refractivity contribution is 6.05. The second kappa shape index (κ2) is 5.14. The summed E-state index contributed by atoms with van der Waals surface area (Å²) in [6, 6.07) is 26.8. The van der Waals surface area contributed by atoms with Crippen LogP contribution in [0, 0.1) is 0 Å². The fourth-order valence-corrected chi connectivity index (χ4v) is 4.64. The van der Waals surface area contributed by atoms with Gasteiger partial charge in [0.2, 0.25) is 0 Å². The van der Waals surface area contributed by atoms with Crippen molar-refractivity contribution in [3.05, 3.63) is 107 Å². The lowest BCUT2D eigenvalue weighted by atomic mass is 9.80. The molecule has 2 nitrogen and oxygen atoms in total. The fourth-order valence-electron chi connectivity index (χ4n) is 4.64. The van der Waals surface area contributed by atoms with E-state index in [1.807, 2.05) is 30.3 Å². The number of nitrogens with zero attached hydrogens (tertiary/aromatic N) is 1. The molecule has 0 unspecified atom stereocenters. The molecule has 2 bridgehead atoms. The molecule has 5 rings (SSSR count). The maximum absolute atomic E-state index is 13.3. The quantitative estimate of drug-likeness (QED) is 0.680. The molecule has 0 spiro atoms. The SMILES string of the molecule is C[C@]12c3ccccc3C(=O)[C@H](c3ccccc31)N2Cc1ccccc1. The summed E-state index contributed by atoms with van der Waals surface area (Å²) < 4.78 is 0. The lowest BCUT2D eigenvalue weighted by Crippen LogP contribution is -2.47. The van der Waals surface area contributed by atoms with Crippen molar-refractivity contribution in [2.75, 3.05) is 0 Å². The van der Waals surface area contributed by atoms with E-state index in [2.05, 4.69) is 60.4 Å². The first kappa shape index (κ1) is 14.6. The van der Waals surface area contributed by atoms with Crippen LogP contribution in [-0.4, -0.2) is 10.7 Å². The van der Waals surface area contributed by atoms with Crippen LogP contribution in [0.1, 0.15) is 45.6 Å². The Kier molecular flexibility index (Phi) is 3.01. The van der Waals surface area contributed by atoms with Gasteiger partial charge in [0.15, 0.2) is 5.78 Å². The van der Waals surface area contributed by atoms with Gasteiger partial charge in [-0.1, -0.05) is 78.9 Å². The van der Waals surface area contributed by atoms with E-state index < -0.39 is 0 Å². The van der Waals surface area contributed by atoms with Crippen LogP contribution in [0.4, 0.5) is 0 Å². The molecule has 2 aliphatic rings. The van der Waals surface area contributed by atoms with Crippen molar-refractivity contribution >= 4 is 5.78 Å². The van der Waals surface area contributed by atoms with Gasteiger partial charge in [-0.3, -0.25) is 9.69 Å². The minimum atomic E-state index is -0.276. The summed E-state index contributed by atoms with van der Waals surface area (Å²) in [4.78, 5) is 15.7. The third-order valence-corrected chi connectivity index (χ3v) is 5.83. The molecule has 0 aromatic heterocycles. The molecule has 122 valence electrons. The van der Waals surface area contributed by atoms with E-state index in [1.54, 1.807) is 0 Å². The van der Waals surface area contributed by atoms with Gasteiger partial charge < -0.3 is 0 Å². The Morgan fingerprint density at radius 2 is 1.48 bits per heavy atom. The van der Waals surface area contributed by atoms with Crippen LogP contribution in [-0.2, 0) is 12.1 Å². The zero-order valence-corrected chi connectivity index (χ0v) is 14.1. The number of rotatable bonds is 2. The van der Waals surface area contributed by atoms with Crippen molar-refractivity contribution < 1.29 is 4.79 Å². The number of carbonyl (C=O) groups excluding carboxylic acids is 1. The van der Waals surface area contributed by atoms with E-state index >= 15 is 0 Å². The van der Waals surface area contributed by atoms with Gasteiger partial charge in [0.05, 0.1) is 5.54 Å². The molecule has 0 radical (unpaired) electrons. The maximum atomic E-state index is 13.3. The molecule has 2 heterocycles. The molecule has 0 fully saturated rings. The molecule has 2 atom stereocenters. The highest BCUT2D eigenvalue weighted by Gasteiger charge is 2.55. The number of hydrogen-bond acceptors (Lipinski definition) is 2. The van der Waals surface area contributed by atoms with Crippen LogP contribution in [0.25, 0.3) is 0 Å². The van der Waals surface area contributed by atoms with Crippen LogP contribution in [0.15, 0.2) is 78.9 Å². The van der Waals surface area contributed by atoms with Crippen molar-refractivity contribution in [1.82, 2.24) is 4.90 Å². The Balaban J connectivity index is 1.76. The van der Waals surface area contributed by atoms with Crippen molar-refractivity contribution in [3.63, 3.8) is 0 Å². The average Bonchev–Trinajstić information content (AvgIpc) is 2.87. The topological polar surface area (TPSA) is 20.3 Å². The van der Waals surface area contributed by atoms with Crippen molar-refractivity contribution in [1.29, 1.82) is 0 Å². The zero-order chi connectivity index (χ0) is 17.0. The molecule has 2 heteroatoms. The average molecular weight is 325 g/mol. The van der Waals surface area contributed by atoms with Crippen LogP contribution in [0.2, 0.25) is 0 Å². The Labute approximate surface area is 147 Å². The minimum Gasteiger partial charge on any atom is -0.292 e. The predicted octanol–water partition coefficient (Wildman–Crippen LogP) is 4.70. The Morgan fingerprint density at radius 1 is 0.840 bits per heavy atom. The molecule has 3 aromatic rings. The van der Waals surface area contributed by atoms with E-state index in [9.17, 15) is 4.79 Å². The number of benzene rings is 3. The summed E-state index contributed by atoms with van der Waals surface area (Å²) >= 11 is 0. The van der Waals surface area contributed by atoms with E-state index in [0.29, 0.717) is 0 Å². The second-order valence-electron chi connectivity index (χ2n) is 7.09. The first-order valence-corrected chi connectivity index (χ1v) is 8.75. The van der Waals surface area contributed by atoms with Gasteiger partial charge >= 0.3 is 0 Å². The molecule has 0 amide bonds. The summed E-state index contributed by atoms with van der Waals surface area (Å²) in [5.41, 5.74) is 5.37. The van der Waals surface area contributed by atoms with Crippen LogP contribution >= 0.6 is 0 Å². The molecule has 25 heavy (non-hydrogen) atoms. The third kappa shape index (κ3) is 1.86. The van der Waals surface area contributed by atoms with Crippen molar-refractivity contribution in [3.8, 4) is 0 Å². The summed E-state index contributed by atoms with van der Waals surface area (Å²) in [6.45, 7) is 3.02. The second-order valence-corrected chi connectivity index (χ2v) is 7.09. The van der Waals surface area contributed by atoms with Gasteiger partial charge in [-0.25, -0.2) is 0 Å². The molecule has 0 aliphatic carbocycles. The highest BCUT2D eigenvalue weighted by atomic mass is 16.1. The van der Waals surface area contributed by atoms with Gasteiger partial charge in [0.1, 0.15) is 6.04 Å². The predicted molar refractivity (Wildman–Crippen MR) is 98.4 cm³/mol. The Morgan fingerprint density at radius 3 is 2.28 bits per heavy atom. The monoisotopic (exact) mass is 325 g/mol. The number of hydrogen-bond donors (Lipinski definition) is 0. The van der Waals surface area contributed by atoms with Gasteiger partial charge in [0.25, 0.3) is 0 Å². The zero-order valence-electron chi connectivity index (χ0n) is 14.1.